The number of aromatic hydroxyl groups is 1. The molecule has 0 aliphatic rings. The summed E-state index contributed by atoms with van der Waals surface area (Å²) in [7, 11) is 0.558. The number of carbonyl (C=O) groups excluding carboxylic acids is 2. The van der Waals surface area contributed by atoms with Crippen LogP contribution in [0.3, 0.4) is 0 Å². The molecule has 328 valence electrons. The number of methoxy groups -OCH3 is 2. The fraction of sp³-hybridized carbons (Fsp3) is 0.236. The summed E-state index contributed by atoms with van der Waals surface area (Å²) in [5.74, 6) is 0.272. The van der Waals surface area contributed by atoms with Crippen molar-refractivity contribution < 1.29 is 28.9 Å². The summed E-state index contributed by atoms with van der Waals surface area (Å²) in [6.45, 7) is 16.5. The Morgan fingerprint density at radius 2 is 1.06 bits per heavy atom. The van der Waals surface area contributed by atoms with Gasteiger partial charge in [0.15, 0.2) is 8.24 Å². The summed E-state index contributed by atoms with van der Waals surface area (Å²) in [4.78, 5) is 29.0. The maximum atomic E-state index is 13.7. The van der Waals surface area contributed by atoms with Gasteiger partial charge in [0, 0.05) is 34.6 Å². The maximum Gasteiger partial charge on any atom is 0.355 e. The molecule has 0 fully saturated rings. The standard InChI is InChI=1S/C33H41NO3Si.C22H17NO3/c1-9-37-29-18-16-26(17-19-29)31-30(28-15-14-25-12-10-11-13-27(25)20-28)21-34(32(31)33(35)36-8)38(22(2)3,23(4)5)24(6)7;1-26-22(25)21-20(15-8-10-18(24)11-9-15)19(13-23-21)17-7-6-14-4-2-3-5-16(14)12-17/h10-24H,9H2,1-8H3;2-13,23-24H,1H3. The lowest BCUT2D eigenvalue weighted by molar-refractivity contribution is 0.0585. The second-order valence-corrected chi connectivity index (χ2v) is 22.8. The number of hydrogen-bond donors (Lipinski definition) is 2. The zero-order valence-electron chi connectivity index (χ0n) is 38.2. The first kappa shape index (κ1) is 45.2. The molecule has 0 atom stereocenters. The summed E-state index contributed by atoms with van der Waals surface area (Å²) in [6.07, 6.45) is 4.08. The van der Waals surface area contributed by atoms with Gasteiger partial charge in [-0.1, -0.05) is 139 Å². The number of carbonyl (C=O) groups is 2. The topological polar surface area (TPSA) is 103 Å². The molecular weight excluding hydrogens is 813 g/mol. The molecule has 9 heteroatoms. The largest absolute Gasteiger partial charge is 0.508 e. The lowest BCUT2D eigenvalue weighted by Gasteiger charge is -2.44. The average molecular weight is 871 g/mol. The number of esters is 2. The molecule has 0 amide bonds. The summed E-state index contributed by atoms with van der Waals surface area (Å²) in [5, 5.41) is 14.2. The van der Waals surface area contributed by atoms with E-state index in [1.165, 1.54) is 25.0 Å². The quantitative estimate of drug-likeness (QED) is 0.0936. The Bertz CT molecular complexity index is 2880. The predicted octanol–water partition coefficient (Wildman–Crippen LogP) is 14.2. The van der Waals surface area contributed by atoms with Crippen molar-refractivity contribution in [3.05, 3.63) is 157 Å². The monoisotopic (exact) mass is 870 g/mol. The van der Waals surface area contributed by atoms with Crippen molar-refractivity contribution in [2.24, 2.45) is 0 Å². The zero-order chi connectivity index (χ0) is 45.7. The first-order chi connectivity index (χ1) is 30.8. The Labute approximate surface area is 377 Å². The highest BCUT2D eigenvalue weighted by molar-refractivity contribution is 6.82. The number of phenolic OH excluding ortho intramolecular Hbond substituents is 1. The number of hydrogen-bond acceptors (Lipinski definition) is 6. The molecule has 0 unspecified atom stereocenters. The van der Waals surface area contributed by atoms with Crippen LogP contribution in [-0.4, -0.2) is 55.3 Å². The van der Waals surface area contributed by atoms with Gasteiger partial charge in [0.2, 0.25) is 0 Å². The Morgan fingerprint density at radius 1 is 0.594 bits per heavy atom. The van der Waals surface area contributed by atoms with Gasteiger partial charge >= 0.3 is 11.9 Å². The normalized spacial score (nSPS) is 11.6. The fourth-order valence-corrected chi connectivity index (χ4v) is 16.5. The Kier molecular flexibility index (Phi) is 13.6. The van der Waals surface area contributed by atoms with Gasteiger partial charge in [-0.2, -0.15) is 0 Å². The lowest BCUT2D eigenvalue weighted by Crippen LogP contribution is -2.52. The van der Waals surface area contributed by atoms with Crippen molar-refractivity contribution >= 4 is 41.7 Å². The van der Waals surface area contributed by atoms with Crippen molar-refractivity contribution in [2.75, 3.05) is 20.8 Å². The maximum absolute atomic E-state index is 13.7. The molecule has 2 N–H and O–H groups in total. The van der Waals surface area contributed by atoms with Crippen molar-refractivity contribution in [2.45, 2.75) is 65.1 Å². The number of H-pyrrole nitrogens is 1. The van der Waals surface area contributed by atoms with Gasteiger partial charge in [-0.25, -0.2) is 9.59 Å². The molecule has 0 spiro atoms. The molecule has 0 radical (unpaired) electrons. The van der Waals surface area contributed by atoms with E-state index in [4.69, 9.17) is 14.2 Å². The van der Waals surface area contributed by atoms with Crippen LogP contribution in [0.25, 0.3) is 66.1 Å². The van der Waals surface area contributed by atoms with E-state index in [0.29, 0.717) is 34.6 Å². The fourth-order valence-electron chi connectivity index (χ4n) is 9.89. The molecule has 0 saturated carbocycles. The van der Waals surface area contributed by atoms with Crippen LogP contribution in [0, 0.1) is 0 Å². The predicted molar refractivity (Wildman–Crippen MR) is 264 cm³/mol. The van der Waals surface area contributed by atoms with Crippen molar-refractivity contribution in [3.63, 3.8) is 0 Å². The van der Waals surface area contributed by atoms with E-state index in [0.717, 1.165) is 61.0 Å². The third kappa shape index (κ3) is 8.60. The zero-order valence-corrected chi connectivity index (χ0v) is 39.2. The number of phenols is 1. The van der Waals surface area contributed by atoms with Crippen molar-refractivity contribution in [3.8, 4) is 56.0 Å². The van der Waals surface area contributed by atoms with E-state index in [9.17, 15) is 14.7 Å². The minimum atomic E-state index is -2.29. The van der Waals surface area contributed by atoms with E-state index in [2.05, 4.69) is 136 Å². The molecule has 8 rings (SSSR count). The van der Waals surface area contributed by atoms with Crippen LogP contribution < -0.4 is 4.74 Å². The molecule has 2 aromatic heterocycles. The van der Waals surface area contributed by atoms with Crippen molar-refractivity contribution in [1.82, 2.24) is 9.22 Å². The lowest BCUT2D eigenvalue weighted by atomic mass is 9.95. The van der Waals surface area contributed by atoms with Gasteiger partial charge < -0.3 is 28.5 Å². The van der Waals surface area contributed by atoms with Crippen LogP contribution in [0.15, 0.2) is 146 Å². The average Bonchev–Trinajstić information content (AvgIpc) is 3.92. The highest BCUT2D eigenvalue weighted by Gasteiger charge is 2.48. The number of benzene rings is 6. The van der Waals surface area contributed by atoms with Crippen LogP contribution >= 0.6 is 0 Å². The Balaban J connectivity index is 0.000000205. The first-order valence-electron chi connectivity index (χ1n) is 22.0. The minimum absolute atomic E-state index is 0.177. The minimum Gasteiger partial charge on any atom is -0.508 e. The van der Waals surface area contributed by atoms with Crippen LogP contribution in [0.5, 0.6) is 11.5 Å². The Morgan fingerprint density at radius 3 is 1.56 bits per heavy atom. The second-order valence-electron chi connectivity index (χ2n) is 17.1. The third-order valence-electron chi connectivity index (χ3n) is 12.6. The summed E-state index contributed by atoms with van der Waals surface area (Å²) < 4.78 is 18.5. The van der Waals surface area contributed by atoms with Gasteiger partial charge in [0.25, 0.3) is 0 Å². The molecule has 64 heavy (non-hydrogen) atoms. The van der Waals surface area contributed by atoms with E-state index in [1.807, 2.05) is 43.5 Å². The molecule has 0 bridgehead atoms. The number of nitrogens with one attached hydrogen (secondary N) is 1. The third-order valence-corrected chi connectivity index (χ3v) is 19.3. The number of nitrogens with zero attached hydrogens (tertiary/aromatic N) is 1. The molecular formula is C55H58N2O6Si. The van der Waals surface area contributed by atoms with Crippen LogP contribution in [-0.2, 0) is 9.47 Å². The number of rotatable bonds is 12. The molecule has 2 heterocycles. The van der Waals surface area contributed by atoms with Crippen LogP contribution in [0.2, 0.25) is 16.6 Å². The molecule has 0 aliphatic carbocycles. The van der Waals surface area contributed by atoms with Crippen LogP contribution in [0.4, 0.5) is 0 Å². The number of aromatic amines is 1. The van der Waals surface area contributed by atoms with E-state index >= 15 is 0 Å². The second kappa shape index (κ2) is 19.3. The van der Waals surface area contributed by atoms with Gasteiger partial charge in [-0.3, -0.25) is 0 Å². The van der Waals surface area contributed by atoms with Gasteiger partial charge in [-0.05, 0) is 104 Å². The van der Waals surface area contributed by atoms with E-state index in [1.54, 1.807) is 24.3 Å². The summed E-state index contributed by atoms with van der Waals surface area (Å²) >= 11 is 0. The molecule has 6 aromatic carbocycles. The van der Waals surface area contributed by atoms with E-state index < -0.39 is 14.2 Å². The SMILES string of the molecule is CCOc1ccc(-c2c(-c3ccc4ccccc4c3)cn([Si](C(C)C)(C(C)C)C(C)C)c2C(=O)OC)cc1.COC(=O)c1[nH]cc(-c2ccc3ccccc3c2)c1-c1ccc(O)cc1. The number of ether oxygens (including phenoxy) is 3. The first-order valence-corrected chi connectivity index (χ1v) is 24.2. The highest BCUT2D eigenvalue weighted by Crippen LogP contribution is 2.48. The number of fused-ring (bicyclic) bond motifs is 2. The summed E-state index contributed by atoms with van der Waals surface area (Å²) in [5.41, 5.74) is 9.82. The van der Waals surface area contributed by atoms with Gasteiger partial charge in [0.05, 0.1) is 20.8 Å². The molecule has 8 aromatic rings. The molecule has 0 saturated heterocycles. The molecule has 0 aliphatic heterocycles. The van der Waals surface area contributed by atoms with Gasteiger partial charge in [-0.15, -0.1) is 0 Å². The van der Waals surface area contributed by atoms with Gasteiger partial charge in [0.1, 0.15) is 22.9 Å². The molecule has 8 nitrogen and oxygen atoms in total. The Hall–Kier alpha value is -6.84. The van der Waals surface area contributed by atoms with E-state index in [-0.39, 0.29) is 11.7 Å². The van der Waals surface area contributed by atoms with Crippen LogP contribution in [0.1, 0.15) is 69.4 Å². The highest BCUT2D eigenvalue weighted by atomic mass is 28.3. The summed E-state index contributed by atoms with van der Waals surface area (Å²) in [6, 6.07) is 44.2. The smallest absolute Gasteiger partial charge is 0.355 e. The number of aromatic nitrogens is 2. The van der Waals surface area contributed by atoms with Crippen molar-refractivity contribution in [1.29, 1.82) is 0 Å².